The molecule has 2 aliphatic heterocycles. The van der Waals surface area contributed by atoms with Crippen molar-refractivity contribution >= 4 is 15.9 Å². The van der Waals surface area contributed by atoms with Crippen molar-refractivity contribution in [2.24, 2.45) is 5.92 Å². The first-order chi connectivity index (χ1) is 10.3. The van der Waals surface area contributed by atoms with Crippen molar-refractivity contribution in [3.8, 4) is 0 Å². The normalized spacial score (nSPS) is 25.5. The molecule has 0 saturated carbocycles. The molecule has 120 valence electrons. The van der Waals surface area contributed by atoms with Crippen LogP contribution in [0.3, 0.4) is 0 Å². The summed E-state index contributed by atoms with van der Waals surface area (Å²) in [6.07, 6.45) is 1.76. The van der Waals surface area contributed by atoms with Crippen molar-refractivity contribution in [1.82, 2.24) is 9.21 Å². The maximum absolute atomic E-state index is 13.7. The number of fused-ring (bicyclic) bond motifs is 1. The Labute approximate surface area is 127 Å². The van der Waals surface area contributed by atoms with Gasteiger partial charge in [0.25, 0.3) is 5.91 Å². The van der Waals surface area contributed by atoms with Gasteiger partial charge >= 0.3 is 0 Å². The van der Waals surface area contributed by atoms with E-state index in [4.69, 9.17) is 0 Å². The Morgan fingerprint density at radius 2 is 1.86 bits per heavy atom. The number of carbonyl (C=O) groups excluding carboxylic acids is 1. The third-order valence-corrected chi connectivity index (χ3v) is 5.67. The van der Waals surface area contributed by atoms with E-state index in [-0.39, 0.29) is 18.5 Å². The number of sulfonamides is 1. The Hall–Kier alpha value is -1.54. The van der Waals surface area contributed by atoms with Gasteiger partial charge in [0.15, 0.2) is 0 Å². The monoisotopic (exact) mass is 330 g/mol. The van der Waals surface area contributed by atoms with E-state index in [1.54, 1.807) is 0 Å². The Kier molecular flexibility index (Phi) is 3.68. The first-order valence-corrected chi connectivity index (χ1v) is 8.84. The lowest BCUT2D eigenvalue weighted by Gasteiger charge is -2.51. The van der Waals surface area contributed by atoms with Crippen LogP contribution in [0.15, 0.2) is 18.2 Å². The van der Waals surface area contributed by atoms with Crippen molar-refractivity contribution in [2.45, 2.75) is 12.5 Å². The smallest absolute Gasteiger partial charge is 0.259 e. The molecule has 5 nitrogen and oxygen atoms in total. The largest absolute Gasteiger partial charge is 0.337 e. The number of rotatable bonds is 2. The number of carbonyl (C=O) groups is 1. The van der Waals surface area contributed by atoms with Crippen molar-refractivity contribution in [3.05, 3.63) is 35.4 Å². The van der Waals surface area contributed by atoms with Crippen LogP contribution < -0.4 is 0 Å². The zero-order chi connectivity index (χ0) is 16.1. The van der Waals surface area contributed by atoms with Crippen LogP contribution in [-0.4, -0.2) is 55.5 Å². The number of likely N-dealkylation sites (tertiary alicyclic amines) is 1. The molecule has 22 heavy (non-hydrogen) atoms. The average Bonchev–Trinajstić information content (AvgIpc) is 2.38. The molecule has 0 radical (unpaired) electrons. The van der Waals surface area contributed by atoms with E-state index in [1.807, 2.05) is 0 Å². The summed E-state index contributed by atoms with van der Waals surface area (Å²) >= 11 is 0. The van der Waals surface area contributed by atoms with Gasteiger partial charge in [-0.25, -0.2) is 17.2 Å². The van der Waals surface area contributed by atoms with E-state index < -0.39 is 33.1 Å². The van der Waals surface area contributed by atoms with Gasteiger partial charge in [-0.3, -0.25) is 4.79 Å². The summed E-state index contributed by atoms with van der Waals surface area (Å²) in [5.41, 5.74) is -0.578. The molecule has 0 aliphatic carbocycles. The molecule has 1 aromatic carbocycles. The average molecular weight is 330 g/mol. The molecule has 2 aliphatic rings. The van der Waals surface area contributed by atoms with E-state index in [1.165, 1.54) is 15.3 Å². The van der Waals surface area contributed by atoms with Crippen molar-refractivity contribution in [3.63, 3.8) is 0 Å². The minimum Gasteiger partial charge on any atom is -0.337 e. The topological polar surface area (TPSA) is 57.7 Å². The van der Waals surface area contributed by atoms with Crippen LogP contribution in [0.4, 0.5) is 8.78 Å². The van der Waals surface area contributed by atoms with Gasteiger partial charge in [0.1, 0.15) is 17.2 Å². The predicted octanol–water partition coefficient (Wildman–Crippen LogP) is 1.07. The Bertz CT molecular complexity index is 703. The summed E-state index contributed by atoms with van der Waals surface area (Å²) in [6, 6.07) is 2.98. The van der Waals surface area contributed by atoms with E-state index in [0.717, 1.165) is 18.4 Å². The molecule has 0 aromatic heterocycles. The summed E-state index contributed by atoms with van der Waals surface area (Å²) in [6.45, 7) is 1.01. The Morgan fingerprint density at radius 3 is 2.45 bits per heavy atom. The van der Waals surface area contributed by atoms with E-state index >= 15 is 0 Å². The summed E-state index contributed by atoms with van der Waals surface area (Å²) in [5.74, 6) is -2.32. The maximum atomic E-state index is 13.7. The van der Waals surface area contributed by atoms with Gasteiger partial charge in [-0.1, -0.05) is 6.07 Å². The molecule has 0 spiro atoms. The van der Waals surface area contributed by atoms with Crippen LogP contribution in [0.2, 0.25) is 0 Å². The third-order valence-electron chi connectivity index (χ3n) is 4.40. The highest BCUT2D eigenvalue weighted by atomic mass is 32.2. The van der Waals surface area contributed by atoms with Gasteiger partial charge in [-0.05, 0) is 24.5 Å². The first-order valence-electron chi connectivity index (χ1n) is 6.99. The molecule has 2 heterocycles. The van der Waals surface area contributed by atoms with Crippen molar-refractivity contribution in [1.29, 1.82) is 0 Å². The molecule has 3 rings (SSSR count). The van der Waals surface area contributed by atoms with Crippen molar-refractivity contribution in [2.75, 3.05) is 25.9 Å². The highest BCUT2D eigenvalue weighted by Crippen LogP contribution is 2.34. The second kappa shape index (κ2) is 5.27. The lowest BCUT2D eigenvalue weighted by atomic mass is 9.84. The van der Waals surface area contributed by atoms with Gasteiger partial charge in [0.2, 0.25) is 10.0 Å². The number of amides is 1. The quantitative estimate of drug-likeness (QED) is 0.815. The molecule has 0 unspecified atom stereocenters. The lowest BCUT2D eigenvalue weighted by Crippen LogP contribution is -2.65. The molecular formula is C14H16F2N2O3S. The summed E-state index contributed by atoms with van der Waals surface area (Å²) < 4.78 is 52.0. The second-order valence-corrected chi connectivity index (χ2v) is 7.73. The standard InChI is InChI=1S/C14H16F2N2O3S/c1-22(20,21)18-7-9-5-6-17(8-12(9)18)14(19)13-10(15)3-2-4-11(13)16/h2-4,9,12H,5-8H2,1H3/t9-,12-/m1/s1. The predicted molar refractivity (Wildman–Crippen MR) is 75.7 cm³/mol. The number of nitrogens with zero attached hydrogens (tertiary/aromatic N) is 2. The first kappa shape index (κ1) is 15.4. The van der Waals surface area contributed by atoms with Crippen molar-refractivity contribution < 1.29 is 22.0 Å². The molecule has 8 heteroatoms. The van der Waals surface area contributed by atoms with Gasteiger partial charge in [-0.2, -0.15) is 4.31 Å². The number of piperidine rings is 1. The lowest BCUT2D eigenvalue weighted by molar-refractivity contribution is 0.0136. The minimum absolute atomic E-state index is 0.171. The number of benzene rings is 1. The van der Waals surface area contributed by atoms with Crippen LogP contribution in [0, 0.1) is 17.6 Å². The molecular weight excluding hydrogens is 314 g/mol. The zero-order valence-corrected chi connectivity index (χ0v) is 12.8. The Morgan fingerprint density at radius 1 is 1.23 bits per heavy atom. The van der Waals surface area contributed by atoms with E-state index in [0.29, 0.717) is 19.5 Å². The molecule has 2 saturated heterocycles. The molecule has 0 bridgehead atoms. The van der Waals surface area contributed by atoms with Crippen LogP contribution in [-0.2, 0) is 10.0 Å². The Balaban J connectivity index is 1.80. The third kappa shape index (κ3) is 2.50. The van der Waals surface area contributed by atoms with Crippen LogP contribution in [0.5, 0.6) is 0 Å². The fraction of sp³-hybridized carbons (Fsp3) is 0.500. The molecule has 2 atom stereocenters. The van der Waals surface area contributed by atoms with Gasteiger partial charge in [0.05, 0.1) is 6.26 Å². The number of halogens is 2. The van der Waals surface area contributed by atoms with E-state index in [9.17, 15) is 22.0 Å². The fourth-order valence-corrected chi connectivity index (χ4v) is 4.37. The molecule has 1 amide bonds. The van der Waals surface area contributed by atoms with Crippen LogP contribution in [0.1, 0.15) is 16.8 Å². The summed E-state index contributed by atoms with van der Waals surface area (Å²) in [7, 11) is -3.32. The van der Waals surface area contributed by atoms with Gasteiger partial charge in [-0.15, -0.1) is 0 Å². The van der Waals surface area contributed by atoms with Crippen LogP contribution >= 0.6 is 0 Å². The zero-order valence-electron chi connectivity index (χ0n) is 12.0. The minimum atomic E-state index is -3.32. The summed E-state index contributed by atoms with van der Waals surface area (Å²) in [4.78, 5) is 13.7. The number of hydrogen-bond donors (Lipinski definition) is 0. The maximum Gasteiger partial charge on any atom is 0.259 e. The van der Waals surface area contributed by atoms with Gasteiger partial charge in [0, 0.05) is 25.7 Å². The molecule has 0 N–H and O–H groups in total. The van der Waals surface area contributed by atoms with E-state index in [2.05, 4.69) is 0 Å². The molecule has 2 fully saturated rings. The van der Waals surface area contributed by atoms with Gasteiger partial charge < -0.3 is 4.90 Å². The SMILES string of the molecule is CS(=O)(=O)N1C[C@H]2CCN(C(=O)c3c(F)cccc3F)C[C@H]21. The summed E-state index contributed by atoms with van der Waals surface area (Å²) in [5, 5.41) is 0. The second-order valence-electron chi connectivity index (χ2n) is 5.80. The molecule has 1 aromatic rings. The number of hydrogen-bond acceptors (Lipinski definition) is 3. The highest BCUT2D eigenvalue weighted by Gasteiger charge is 2.47. The fourth-order valence-electron chi connectivity index (χ4n) is 3.17. The van der Waals surface area contributed by atoms with Crippen LogP contribution in [0.25, 0.3) is 0 Å². The highest BCUT2D eigenvalue weighted by molar-refractivity contribution is 7.88.